The Morgan fingerprint density at radius 3 is 2.15 bits per heavy atom. The van der Waals surface area contributed by atoms with E-state index in [0.717, 1.165) is 33.6 Å². The van der Waals surface area contributed by atoms with E-state index >= 15 is 0 Å². The molecule has 1 radical (unpaired) electrons. The summed E-state index contributed by atoms with van der Waals surface area (Å²) in [6.07, 6.45) is 2.04. The van der Waals surface area contributed by atoms with E-state index in [4.69, 9.17) is 0 Å². The van der Waals surface area contributed by atoms with Crippen LogP contribution in [0.5, 0.6) is 0 Å². The number of rotatable bonds is 4. The molecular formula is C22H23N2OY+. The number of benzene rings is 2. The van der Waals surface area contributed by atoms with Gasteiger partial charge in [0, 0.05) is 57.0 Å². The number of aryl methyl sites for hydroxylation is 3. The summed E-state index contributed by atoms with van der Waals surface area (Å²) in [6.45, 7) is 6.33. The third kappa shape index (κ3) is 4.87. The van der Waals surface area contributed by atoms with Crippen LogP contribution in [0.25, 0.3) is 11.1 Å². The van der Waals surface area contributed by atoms with Crippen LogP contribution in [-0.4, -0.2) is 5.91 Å². The number of nitrogens with zero attached hydrogens (tertiary/aromatic N) is 1. The number of carbonyl (C=O) groups excluding carboxylic acids is 1. The summed E-state index contributed by atoms with van der Waals surface area (Å²) >= 11 is 0. The summed E-state index contributed by atoms with van der Waals surface area (Å²) in [5.41, 5.74) is 6.36. The molecule has 3 nitrogen and oxygen atoms in total. The molecule has 1 heterocycles. The Labute approximate surface area is 180 Å². The average molecular weight is 420 g/mol. The second-order valence-electron chi connectivity index (χ2n) is 6.37. The smallest absolute Gasteiger partial charge is 0.290 e. The minimum absolute atomic E-state index is 0. The van der Waals surface area contributed by atoms with Crippen molar-refractivity contribution in [3.63, 3.8) is 0 Å². The van der Waals surface area contributed by atoms with Crippen LogP contribution in [0.1, 0.15) is 16.8 Å². The Morgan fingerprint density at radius 1 is 0.846 bits per heavy atom. The summed E-state index contributed by atoms with van der Waals surface area (Å²) < 4.78 is 1.99. The van der Waals surface area contributed by atoms with Crippen molar-refractivity contribution in [2.45, 2.75) is 27.3 Å². The Bertz CT molecular complexity index is 887. The van der Waals surface area contributed by atoms with Gasteiger partial charge in [-0.1, -0.05) is 48.5 Å². The molecule has 0 aliphatic carbocycles. The normalized spacial score (nSPS) is 10.1. The third-order valence-electron chi connectivity index (χ3n) is 4.42. The van der Waals surface area contributed by atoms with Gasteiger partial charge in [0.25, 0.3) is 5.91 Å². The number of hydrogen-bond acceptors (Lipinski definition) is 1. The van der Waals surface area contributed by atoms with Crippen molar-refractivity contribution in [2.24, 2.45) is 0 Å². The molecule has 0 saturated carbocycles. The van der Waals surface area contributed by atoms with Crippen LogP contribution in [0, 0.1) is 20.8 Å². The summed E-state index contributed by atoms with van der Waals surface area (Å²) in [5, 5.41) is 3.05. The van der Waals surface area contributed by atoms with Crippen molar-refractivity contribution in [3.05, 3.63) is 83.7 Å². The first-order valence-corrected chi connectivity index (χ1v) is 8.46. The molecule has 0 aliphatic heterocycles. The molecule has 0 bridgehead atoms. The van der Waals surface area contributed by atoms with Gasteiger partial charge in [-0.05, 0) is 36.6 Å². The van der Waals surface area contributed by atoms with Crippen molar-refractivity contribution < 1.29 is 42.1 Å². The number of para-hydroxylation sites is 1. The van der Waals surface area contributed by atoms with Gasteiger partial charge in [-0.25, -0.2) is 0 Å². The van der Waals surface area contributed by atoms with Gasteiger partial charge < -0.3 is 5.32 Å². The predicted octanol–water partition coefficient (Wildman–Crippen LogP) is 4.20. The molecule has 129 valence electrons. The number of pyridine rings is 1. The molecule has 26 heavy (non-hydrogen) atoms. The van der Waals surface area contributed by atoms with E-state index in [1.54, 1.807) is 0 Å². The first-order valence-electron chi connectivity index (χ1n) is 8.46. The Hall–Kier alpha value is -1.84. The van der Waals surface area contributed by atoms with Crippen molar-refractivity contribution in [1.82, 2.24) is 0 Å². The molecule has 0 aliphatic rings. The molecule has 0 unspecified atom stereocenters. The molecule has 0 fully saturated rings. The number of anilines is 1. The van der Waals surface area contributed by atoms with Gasteiger partial charge in [0.15, 0.2) is 11.9 Å². The maximum absolute atomic E-state index is 12.6. The van der Waals surface area contributed by atoms with Crippen LogP contribution in [0.15, 0.2) is 66.9 Å². The van der Waals surface area contributed by atoms with Gasteiger partial charge in [-0.15, -0.1) is 0 Å². The van der Waals surface area contributed by atoms with Crippen molar-refractivity contribution in [1.29, 1.82) is 0 Å². The van der Waals surface area contributed by atoms with E-state index < -0.39 is 0 Å². The SMILES string of the molecule is Cc1cccc(C)c1NC(=O)C[n+]1cc(-c2ccccc2)ccc1C.[Y]. The van der Waals surface area contributed by atoms with Gasteiger partial charge >= 0.3 is 0 Å². The fourth-order valence-corrected chi connectivity index (χ4v) is 2.94. The molecule has 4 heteroatoms. The number of carbonyl (C=O) groups is 1. The number of hydrogen-bond donors (Lipinski definition) is 1. The molecule has 1 aromatic heterocycles. The molecule has 3 aromatic rings. The van der Waals surface area contributed by atoms with Crippen molar-refractivity contribution in [3.8, 4) is 11.1 Å². The van der Waals surface area contributed by atoms with Crippen LogP contribution in [-0.2, 0) is 44.0 Å². The third-order valence-corrected chi connectivity index (χ3v) is 4.42. The first kappa shape index (κ1) is 20.5. The van der Waals surface area contributed by atoms with Gasteiger partial charge in [-0.2, -0.15) is 4.57 Å². The van der Waals surface area contributed by atoms with E-state index in [9.17, 15) is 4.79 Å². The van der Waals surface area contributed by atoms with Crippen LogP contribution in [0.4, 0.5) is 5.69 Å². The Kier molecular flexibility index (Phi) is 7.25. The first-order chi connectivity index (χ1) is 12.0. The quantitative estimate of drug-likeness (QED) is 0.631. The van der Waals surface area contributed by atoms with Crippen molar-refractivity contribution >= 4 is 11.6 Å². The number of amides is 1. The van der Waals surface area contributed by atoms with Gasteiger partial charge in [0.1, 0.15) is 0 Å². The minimum atomic E-state index is -0.0179. The number of nitrogens with one attached hydrogen (secondary N) is 1. The largest absolute Gasteiger partial charge is 0.320 e. The molecule has 0 saturated heterocycles. The molecule has 1 N–H and O–H groups in total. The molecule has 2 aromatic carbocycles. The standard InChI is InChI=1S/C22H22N2O.Y/c1-16-8-7-9-17(2)22(16)23-21(25)15-24-14-20(13-12-18(24)3)19-10-5-4-6-11-19;/h4-14H,15H2,1-3H3;/p+1. The zero-order chi connectivity index (χ0) is 17.8. The molecular weight excluding hydrogens is 397 g/mol. The second kappa shape index (κ2) is 9.20. The molecule has 3 rings (SSSR count). The maximum atomic E-state index is 12.6. The van der Waals surface area contributed by atoms with Crippen molar-refractivity contribution in [2.75, 3.05) is 5.32 Å². The van der Waals surface area contributed by atoms with Gasteiger partial charge in [0.05, 0.1) is 0 Å². The predicted molar refractivity (Wildman–Crippen MR) is 101 cm³/mol. The fourth-order valence-electron chi connectivity index (χ4n) is 2.94. The van der Waals surface area contributed by atoms with E-state index in [1.165, 1.54) is 0 Å². The van der Waals surface area contributed by atoms with Crippen LogP contribution < -0.4 is 9.88 Å². The molecule has 0 atom stereocenters. The van der Waals surface area contributed by atoms with E-state index in [1.807, 2.05) is 67.9 Å². The summed E-state index contributed by atoms with van der Waals surface area (Å²) in [5.74, 6) is -0.0179. The summed E-state index contributed by atoms with van der Waals surface area (Å²) in [6, 6.07) is 20.4. The Morgan fingerprint density at radius 2 is 1.50 bits per heavy atom. The zero-order valence-electron chi connectivity index (χ0n) is 15.5. The van der Waals surface area contributed by atoms with Crippen LogP contribution in [0.3, 0.4) is 0 Å². The maximum Gasteiger partial charge on any atom is 0.290 e. The fraction of sp³-hybridized carbons (Fsp3) is 0.182. The van der Waals surface area contributed by atoms with Crippen LogP contribution in [0.2, 0.25) is 0 Å². The minimum Gasteiger partial charge on any atom is -0.320 e. The van der Waals surface area contributed by atoms with Gasteiger partial charge in [0.2, 0.25) is 6.54 Å². The average Bonchev–Trinajstić information content (AvgIpc) is 2.61. The summed E-state index contributed by atoms with van der Waals surface area (Å²) in [4.78, 5) is 12.6. The van der Waals surface area contributed by atoms with Crippen LogP contribution >= 0.6 is 0 Å². The van der Waals surface area contributed by atoms with Gasteiger partial charge in [-0.3, -0.25) is 4.79 Å². The molecule has 1 amide bonds. The second-order valence-corrected chi connectivity index (χ2v) is 6.37. The summed E-state index contributed by atoms with van der Waals surface area (Å²) in [7, 11) is 0. The monoisotopic (exact) mass is 420 g/mol. The van der Waals surface area contributed by atoms with E-state index in [-0.39, 0.29) is 38.6 Å². The zero-order valence-corrected chi connectivity index (χ0v) is 18.3. The van der Waals surface area contributed by atoms with E-state index in [2.05, 4.69) is 29.6 Å². The topological polar surface area (TPSA) is 33.0 Å². The molecule has 0 spiro atoms. The Balaban J connectivity index is 0.00000243. The number of aromatic nitrogens is 1. The van der Waals surface area contributed by atoms with E-state index in [0.29, 0.717) is 6.54 Å².